The molecule has 0 aliphatic rings. The number of rotatable bonds is 12. The van der Waals surface area contributed by atoms with Crippen molar-refractivity contribution in [2.45, 2.75) is 69.2 Å². The minimum atomic E-state index is -0.125. The average Bonchev–Trinajstić information content (AvgIpc) is 0.837. The first-order valence-corrected chi connectivity index (χ1v) is 36.1. The second-order valence-electron chi connectivity index (χ2n) is 26.1. The number of aryl methyl sites for hydroxylation is 6. The summed E-state index contributed by atoms with van der Waals surface area (Å²) in [4.78, 5) is 42.7. The van der Waals surface area contributed by atoms with E-state index in [1.165, 1.54) is 101 Å². The van der Waals surface area contributed by atoms with E-state index in [0.717, 1.165) is 84.1 Å². The number of nitrogens with zero attached hydrogens (tertiary/aromatic N) is 5. The minimum Gasteiger partial charge on any atom is -0.512 e. The molecular weight excluding hydrogens is 2310 g/mol. The van der Waals surface area contributed by atoms with Gasteiger partial charge in [0.25, 0.3) is 0 Å². The predicted molar refractivity (Wildman–Crippen MR) is 452 cm³/mol. The number of pyridine rings is 5. The molecule has 0 spiro atoms. The summed E-state index contributed by atoms with van der Waals surface area (Å²) >= 11 is 0. The molecular formula is C101H88Ir5N5O4-5. The van der Waals surface area contributed by atoms with Crippen LogP contribution in [0, 0.1) is 71.9 Å². The number of aliphatic hydroxyl groups is 2. The van der Waals surface area contributed by atoms with Crippen molar-refractivity contribution in [3.05, 3.63) is 416 Å². The standard InChI is InChI=1S/3C19H16N.2C17H12N.2C5H8O2.5Ir/c1-14-8-10-18(15(2)12-14)19-11-9-17(13-20-19)16-6-4-3-5-7-16;2*1-14-10-15(2)12-18(11-14)17-8-9-19(20-13-17)16-6-4-3-5-7-16;2*1-3-7-14(8-4-1)16-11-12-17(18-13-16)15-9-5-2-6-10-15;2*1-4(6)3-5(2)7;;;;;/h3-9,11-13H,1-2H3;2*3-6,8-13H,1-2H3;2*1-9,11-13H;2*3,6H,1-2H3;;;;;/q5*-1;;;;;;;. The summed E-state index contributed by atoms with van der Waals surface area (Å²) in [5, 5.41) is 16.7. The van der Waals surface area contributed by atoms with Gasteiger partial charge in [-0.05, 0) is 139 Å². The average molecular weight is 2400 g/mol. The molecule has 591 valence electrons. The molecule has 0 aliphatic heterocycles. The summed E-state index contributed by atoms with van der Waals surface area (Å²) in [5.74, 6) is -0.125. The van der Waals surface area contributed by atoms with Crippen LogP contribution in [0.2, 0.25) is 0 Å². The number of allylic oxidation sites excluding steroid dienone is 4. The van der Waals surface area contributed by atoms with Gasteiger partial charge in [0.05, 0.1) is 11.5 Å². The van der Waals surface area contributed by atoms with Crippen molar-refractivity contribution in [1.29, 1.82) is 0 Å². The van der Waals surface area contributed by atoms with Crippen LogP contribution < -0.4 is 0 Å². The first-order valence-electron chi connectivity index (χ1n) is 36.1. The molecule has 2 N–H and O–H groups in total. The first-order chi connectivity index (χ1) is 53.3. The van der Waals surface area contributed by atoms with Crippen molar-refractivity contribution in [1.82, 2.24) is 24.9 Å². The van der Waals surface area contributed by atoms with E-state index in [1.807, 2.05) is 201 Å². The molecule has 15 rings (SSSR count). The van der Waals surface area contributed by atoms with Crippen molar-refractivity contribution in [3.8, 4) is 112 Å². The van der Waals surface area contributed by atoms with Gasteiger partial charge in [0.2, 0.25) is 0 Å². The third kappa shape index (κ3) is 32.8. The second-order valence-corrected chi connectivity index (χ2v) is 26.1. The van der Waals surface area contributed by atoms with Crippen LogP contribution in [0.5, 0.6) is 0 Å². The molecule has 115 heavy (non-hydrogen) atoms. The van der Waals surface area contributed by atoms with Gasteiger partial charge in [-0.25, -0.2) is 0 Å². The van der Waals surface area contributed by atoms with Gasteiger partial charge in [0, 0.05) is 144 Å². The maximum atomic E-state index is 10.0. The van der Waals surface area contributed by atoms with Gasteiger partial charge in [-0.3, -0.25) is 9.59 Å². The number of benzene rings is 10. The van der Waals surface area contributed by atoms with E-state index >= 15 is 0 Å². The van der Waals surface area contributed by atoms with Crippen LogP contribution in [0.1, 0.15) is 61.1 Å². The topological polar surface area (TPSA) is 139 Å². The van der Waals surface area contributed by atoms with E-state index in [1.54, 1.807) is 0 Å². The van der Waals surface area contributed by atoms with Crippen LogP contribution in [-0.2, 0) is 110 Å². The number of aliphatic hydroxyl groups excluding tert-OH is 2. The maximum Gasteiger partial charge on any atom is 0.155 e. The smallest absolute Gasteiger partial charge is 0.155 e. The molecule has 5 heterocycles. The minimum absolute atomic E-state index is 0. The number of hydrogen-bond donors (Lipinski definition) is 2. The molecule has 0 unspecified atom stereocenters. The third-order valence-electron chi connectivity index (χ3n) is 16.6. The zero-order valence-corrected chi connectivity index (χ0v) is 77.4. The molecule has 0 saturated heterocycles. The molecule has 9 nitrogen and oxygen atoms in total. The maximum absolute atomic E-state index is 10.0. The third-order valence-corrected chi connectivity index (χ3v) is 16.6. The molecule has 14 heteroatoms. The summed E-state index contributed by atoms with van der Waals surface area (Å²) in [5.41, 5.74) is 29.3. The second kappa shape index (κ2) is 51.5. The van der Waals surface area contributed by atoms with Crippen molar-refractivity contribution in [2.75, 3.05) is 0 Å². The van der Waals surface area contributed by atoms with Gasteiger partial charge >= 0.3 is 0 Å². The van der Waals surface area contributed by atoms with Gasteiger partial charge < -0.3 is 35.1 Å². The van der Waals surface area contributed by atoms with Crippen LogP contribution in [-0.4, -0.2) is 46.7 Å². The van der Waals surface area contributed by atoms with Crippen LogP contribution >= 0.6 is 0 Å². The Morgan fingerprint density at radius 3 is 0.730 bits per heavy atom. The molecule has 10 aromatic carbocycles. The molecule has 0 fully saturated rings. The van der Waals surface area contributed by atoms with Crippen molar-refractivity contribution in [2.24, 2.45) is 0 Å². The fourth-order valence-electron chi connectivity index (χ4n) is 11.6. The number of aromatic nitrogens is 5. The fourth-order valence-corrected chi connectivity index (χ4v) is 11.6. The predicted octanol–water partition coefficient (Wildman–Crippen LogP) is 25.0. The Bertz CT molecular complexity index is 4960. The van der Waals surface area contributed by atoms with Gasteiger partial charge in [-0.15, -0.1) is 178 Å². The van der Waals surface area contributed by atoms with Crippen molar-refractivity contribution < 1.29 is 120 Å². The Balaban J connectivity index is 0.000000287. The molecule has 15 aromatic rings. The van der Waals surface area contributed by atoms with Crippen LogP contribution in [0.15, 0.2) is 352 Å². The number of ketones is 2. The summed E-state index contributed by atoms with van der Waals surface area (Å²) < 4.78 is 0. The van der Waals surface area contributed by atoms with E-state index in [9.17, 15) is 9.59 Å². The summed E-state index contributed by atoms with van der Waals surface area (Å²) in [6, 6.07) is 117. The zero-order valence-electron chi connectivity index (χ0n) is 65.4. The van der Waals surface area contributed by atoms with E-state index in [4.69, 9.17) is 10.2 Å². The Morgan fingerprint density at radius 1 is 0.270 bits per heavy atom. The van der Waals surface area contributed by atoms with Crippen LogP contribution in [0.3, 0.4) is 0 Å². The van der Waals surface area contributed by atoms with Gasteiger partial charge in [0.15, 0.2) is 11.6 Å². The number of hydrogen-bond acceptors (Lipinski definition) is 9. The Kier molecular flexibility index (Phi) is 43.4. The summed E-state index contributed by atoms with van der Waals surface area (Å²) in [6.07, 6.45) is 11.9. The molecule has 0 atom stereocenters. The van der Waals surface area contributed by atoms with E-state index in [2.05, 4.69) is 224 Å². The van der Waals surface area contributed by atoms with Gasteiger partial charge in [-0.1, -0.05) is 224 Å². The Labute approximate surface area is 746 Å². The van der Waals surface area contributed by atoms with E-state index in [0.29, 0.717) is 0 Å². The van der Waals surface area contributed by atoms with E-state index in [-0.39, 0.29) is 124 Å². The molecule has 0 saturated carbocycles. The Morgan fingerprint density at radius 2 is 0.522 bits per heavy atom. The molecule has 0 amide bonds. The molecule has 0 bridgehead atoms. The number of carbonyl (C=O) groups excluding carboxylic acids is 2. The van der Waals surface area contributed by atoms with Crippen molar-refractivity contribution >= 4 is 11.6 Å². The van der Waals surface area contributed by atoms with Crippen LogP contribution in [0.25, 0.3) is 112 Å². The van der Waals surface area contributed by atoms with Crippen LogP contribution in [0.4, 0.5) is 0 Å². The van der Waals surface area contributed by atoms with Gasteiger partial charge in [0.1, 0.15) is 0 Å². The normalized spacial score (nSPS) is 10.1. The van der Waals surface area contributed by atoms with Crippen molar-refractivity contribution in [3.63, 3.8) is 0 Å². The largest absolute Gasteiger partial charge is 0.512 e. The Hall–Kier alpha value is -10.4. The quantitative estimate of drug-likeness (QED) is 0.0695. The number of carbonyl (C=O) groups is 2. The molecule has 5 radical (unpaired) electrons. The fraction of sp³-hybridized carbons (Fsp3) is 0.0990. The zero-order chi connectivity index (χ0) is 78.0. The monoisotopic (exact) mass is 2400 g/mol. The van der Waals surface area contributed by atoms with Gasteiger partial charge in [-0.2, -0.15) is 0 Å². The first kappa shape index (κ1) is 97.0. The molecule has 0 aliphatic carbocycles. The summed E-state index contributed by atoms with van der Waals surface area (Å²) in [6.45, 7) is 18.4. The van der Waals surface area contributed by atoms with E-state index < -0.39 is 0 Å². The SMILES string of the molecule is CC(=O)C=C(C)O.CC(=O)C=C(C)O.Cc1c[c-]c(-c2ccc(-c3ccccc3)cn2)c(C)c1.Cc1cc(C)cc(-c2ccc(-c3[c-]cccc3)nc2)c1.Cc1cc(C)cc(-c2ccc(-c3[c-]cccc3)nc2)c1.[Ir].[Ir].[Ir].[Ir].[Ir].[c-]1ccccc1-c1ccc(-c2ccccc2)cn1.[c-]1ccccc1-c1ccc(-c2ccccc2)cn1. The molecule has 5 aromatic heterocycles. The summed E-state index contributed by atoms with van der Waals surface area (Å²) in [7, 11) is 0.